The number of rotatable bonds is 4. The van der Waals surface area contributed by atoms with Crippen LogP contribution in [-0.4, -0.2) is 30.0 Å². The maximum atomic E-state index is 10.3. The Labute approximate surface area is 107 Å². The van der Waals surface area contributed by atoms with Crippen molar-refractivity contribution < 1.29 is 9.84 Å². The van der Waals surface area contributed by atoms with Crippen LogP contribution in [-0.2, 0) is 11.3 Å². The molecule has 18 heavy (non-hydrogen) atoms. The molecule has 2 unspecified atom stereocenters. The lowest BCUT2D eigenvalue weighted by Crippen LogP contribution is -2.45. The zero-order valence-corrected chi connectivity index (χ0v) is 10.5. The van der Waals surface area contributed by atoms with Crippen LogP contribution in [0.2, 0.25) is 0 Å². The van der Waals surface area contributed by atoms with Crippen LogP contribution in [0.1, 0.15) is 24.5 Å². The van der Waals surface area contributed by atoms with E-state index in [4.69, 9.17) is 10.00 Å². The summed E-state index contributed by atoms with van der Waals surface area (Å²) in [6.07, 6.45) is 0.511. The van der Waals surface area contributed by atoms with Gasteiger partial charge in [0.15, 0.2) is 0 Å². The van der Waals surface area contributed by atoms with Gasteiger partial charge in [0.05, 0.1) is 17.7 Å². The molecular weight excluding hydrogens is 228 g/mol. The smallest absolute Gasteiger partial charge is 0.105 e. The molecule has 1 aliphatic rings. The van der Waals surface area contributed by atoms with Gasteiger partial charge in [0.1, 0.15) is 5.60 Å². The fourth-order valence-electron chi connectivity index (χ4n) is 2.20. The molecule has 1 aromatic carbocycles. The largest absolute Gasteiger partial charge is 0.386 e. The van der Waals surface area contributed by atoms with Crippen LogP contribution in [0.3, 0.4) is 0 Å². The molecule has 2 rings (SSSR count). The number of ether oxygens (including phenoxy) is 1. The van der Waals surface area contributed by atoms with E-state index in [1.165, 1.54) is 0 Å². The van der Waals surface area contributed by atoms with E-state index in [9.17, 15) is 5.11 Å². The summed E-state index contributed by atoms with van der Waals surface area (Å²) in [7, 11) is 0. The molecule has 1 aliphatic heterocycles. The van der Waals surface area contributed by atoms with Crippen LogP contribution < -0.4 is 5.32 Å². The third-order valence-corrected chi connectivity index (χ3v) is 3.54. The normalized spacial score (nSPS) is 27.1. The Morgan fingerprint density at radius 2 is 2.33 bits per heavy atom. The molecule has 0 spiro atoms. The molecule has 1 fully saturated rings. The molecule has 1 heterocycles. The van der Waals surface area contributed by atoms with Gasteiger partial charge in [-0.05, 0) is 18.6 Å². The maximum absolute atomic E-state index is 10.3. The van der Waals surface area contributed by atoms with Crippen molar-refractivity contribution in [2.75, 3.05) is 13.2 Å². The van der Waals surface area contributed by atoms with Gasteiger partial charge in [-0.3, -0.25) is 0 Å². The van der Waals surface area contributed by atoms with Gasteiger partial charge in [-0.15, -0.1) is 0 Å². The van der Waals surface area contributed by atoms with Gasteiger partial charge in [-0.25, -0.2) is 0 Å². The van der Waals surface area contributed by atoms with Crippen molar-refractivity contribution in [1.29, 1.82) is 5.26 Å². The molecule has 2 atom stereocenters. The Bertz CT molecular complexity index is 455. The summed E-state index contributed by atoms with van der Waals surface area (Å²) in [5.74, 6) is 0. The first-order chi connectivity index (χ1) is 8.65. The summed E-state index contributed by atoms with van der Waals surface area (Å²) in [6.45, 7) is 3.55. The highest BCUT2D eigenvalue weighted by atomic mass is 16.5. The highest BCUT2D eigenvalue weighted by Gasteiger charge is 2.38. The summed E-state index contributed by atoms with van der Waals surface area (Å²) in [5, 5.41) is 22.5. The molecule has 0 bridgehead atoms. The second kappa shape index (κ2) is 5.49. The van der Waals surface area contributed by atoms with Crippen molar-refractivity contribution in [1.82, 2.24) is 5.32 Å². The van der Waals surface area contributed by atoms with Crippen molar-refractivity contribution in [2.45, 2.75) is 31.6 Å². The van der Waals surface area contributed by atoms with Crippen LogP contribution in [0.25, 0.3) is 0 Å². The van der Waals surface area contributed by atoms with Gasteiger partial charge in [-0.2, -0.15) is 5.26 Å². The predicted molar refractivity (Wildman–Crippen MR) is 67.8 cm³/mol. The lowest BCUT2D eigenvalue weighted by molar-refractivity contribution is -0.0263. The van der Waals surface area contributed by atoms with Crippen LogP contribution in [0.15, 0.2) is 24.3 Å². The van der Waals surface area contributed by atoms with E-state index >= 15 is 0 Å². The Morgan fingerprint density at radius 3 is 3.00 bits per heavy atom. The molecule has 2 N–H and O–H groups in total. The summed E-state index contributed by atoms with van der Waals surface area (Å²) >= 11 is 0. The van der Waals surface area contributed by atoms with E-state index in [0.29, 0.717) is 31.7 Å². The third-order valence-electron chi connectivity index (χ3n) is 3.54. The molecule has 1 saturated heterocycles. The minimum Gasteiger partial charge on any atom is -0.386 e. The van der Waals surface area contributed by atoms with Crippen LogP contribution in [0.5, 0.6) is 0 Å². The maximum Gasteiger partial charge on any atom is 0.105 e. The van der Waals surface area contributed by atoms with E-state index in [1.807, 2.05) is 25.1 Å². The van der Waals surface area contributed by atoms with Gasteiger partial charge in [0.25, 0.3) is 0 Å². The van der Waals surface area contributed by atoms with E-state index < -0.39 is 5.60 Å². The molecule has 0 saturated carbocycles. The van der Waals surface area contributed by atoms with Crippen LogP contribution in [0, 0.1) is 11.3 Å². The lowest BCUT2D eigenvalue weighted by Gasteiger charge is -2.26. The summed E-state index contributed by atoms with van der Waals surface area (Å²) in [5.41, 5.74) is 0.838. The zero-order chi connectivity index (χ0) is 13.0. The molecule has 4 heteroatoms. The van der Waals surface area contributed by atoms with E-state index in [0.717, 1.165) is 5.56 Å². The summed E-state index contributed by atoms with van der Waals surface area (Å²) < 4.78 is 5.37. The molecule has 0 radical (unpaired) electrons. The van der Waals surface area contributed by atoms with Crippen molar-refractivity contribution >= 4 is 0 Å². The number of nitrogens with one attached hydrogen (secondary N) is 1. The van der Waals surface area contributed by atoms with Crippen LogP contribution in [0.4, 0.5) is 0 Å². The molecule has 0 aromatic heterocycles. The number of hydrogen-bond acceptors (Lipinski definition) is 4. The number of nitrogens with zero attached hydrogens (tertiary/aromatic N) is 1. The zero-order valence-electron chi connectivity index (χ0n) is 10.5. The van der Waals surface area contributed by atoms with Gasteiger partial charge >= 0.3 is 0 Å². The van der Waals surface area contributed by atoms with Crippen molar-refractivity contribution in [2.24, 2.45) is 0 Å². The Kier molecular flexibility index (Phi) is 3.97. The molecule has 0 amide bonds. The van der Waals surface area contributed by atoms with Crippen molar-refractivity contribution in [3.63, 3.8) is 0 Å². The SMILES string of the molecule is CC1OCCC1(O)CNCc1ccccc1C#N. The Balaban J connectivity index is 1.91. The Morgan fingerprint density at radius 1 is 1.56 bits per heavy atom. The van der Waals surface area contributed by atoms with E-state index in [1.54, 1.807) is 6.07 Å². The minimum atomic E-state index is -0.790. The average Bonchev–Trinajstić information content (AvgIpc) is 2.70. The van der Waals surface area contributed by atoms with Crippen LogP contribution >= 0.6 is 0 Å². The first kappa shape index (κ1) is 13.0. The first-order valence-electron chi connectivity index (χ1n) is 6.18. The van der Waals surface area contributed by atoms with Gasteiger partial charge < -0.3 is 15.2 Å². The highest BCUT2D eigenvalue weighted by molar-refractivity contribution is 5.37. The molecule has 1 aromatic rings. The van der Waals surface area contributed by atoms with Gasteiger partial charge in [0.2, 0.25) is 0 Å². The summed E-state index contributed by atoms with van der Waals surface area (Å²) in [6, 6.07) is 9.64. The first-order valence-corrected chi connectivity index (χ1v) is 6.18. The highest BCUT2D eigenvalue weighted by Crippen LogP contribution is 2.24. The summed E-state index contributed by atoms with van der Waals surface area (Å²) in [4.78, 5) is 0. The monoisotopic (exact) mass is 246 g/mol. The topological polar surface area (TPSA) is 65.3 Å². The number of benzene rings is 1. The van der Waals surface area contributed by atoms with Crippen molar-refractivity contribution in [3.8, 4) is 6.07 Å². The third kappa shape index (κ3) is 2.70. The average molecular weight is 246 g/mol. The molecular formula is C14H18N2O2. The molecule has 96 valence electrons. The number of nitriles is 1. The van der Waals surface area contributed by atoms with Gasteiger partial charge in [-0.1, -0.05) is 18.2 Å². The minimum absolute atomic E-state index is 0.142. The van der Waals surface area contributed by atoms with Crippen molar-refractivity contribution in [3.05, 3.63) is 35.4 Å². The second-order valence-electron chi connectivity index (χ2n) is 4.74. The van der Waals surface area contributed by atoms with E-state index in [2.05, 4.69) is 11.4 Å². The van der Waals surface area contributed by atoms with E-state index in [-0.39, 0.29) is 6.10 Å². The van der Waals surface area contributed by atoms with Gasteiger partial charge in [0, 0.05) is 26.1 Å². The number of aliphatic hydroxyl groups is 1. The lowest BCUT2D eigenvalue weighted by atomic mass is 9.96. The quantitative estimate of drug-likeness (QED) is 0.837. The number of hydrogen-bond donors (Lipinski definition) is 2. The standard InChI is InChI=1S/C14H18N2O2/c1-11-14(17,6-7-18-11)10-16-9-13-5-3-2-4-12(13)8-15/h2-5,11,16-17H,6-7,9-10H2,1H3. The molecule has 4 nitrogen and oxygen atoms in total. The fraction of sp³-hybridized carbons (Fsp3) is 0.500. The fourth-order valence-corrected chi connectivity index (χ4v) is 2.20. The Hall–Kier alpha value is -1.41. The molecule has 0 aliphatic carbocycles. The predicted octanol–water partition coefficient (Wildman–Crippen LogP) is 1.19. The second-order valence-corrected chi connectivity index (χ2v) is 4.74.